The molecule has 3 heteroatoms. The van der Waals surface area contributed by atoms with Crippen LogP contribution in [0.4, 0.5) is 0 Å². The highest BCUT2D eigenvalue weighted by molar-refractivity contribution is 5.78. The van der Waals surface area contributed by atoms with Crippen molar-refractivity contribution in [3.05, 3.63) is 47.4 Å². The third-order valence-electron chi connectivity index (χ3n) is 2.37. The van der Waals surface area contributed by atoms with E-state index in [2.05, 4.69) is 9.97 Å². The molecular weight excluding hydrogens is 212 g/mol. The highest BCUT2D eigenvalue weighted by Gasteiger charge is 2.05. The molecule has 0 aliphatic carbocycles. The summed E-state index contributed by atoms with van der Waals surface area (Å²) in [6.45, 7) is 3.81. The van der Waals surface area contributed by atoms with Gasteiger partial charge >= 0.3 is 0 Å². The van der Waals surface area contributed by atoms with Crippen LogP contribution in [0.25, 0.3) is 11.3 Å². The summed E-state index contributed by atoms with van der Waals surface area (Å²) in [5.74, 6) is 0. The van der Waals surface area contributed by atoms with Crippen LogP contribution >= 0.6 is 0 Å². The van der Waals surface area contributed by atoms with Gasteiger partial charge in [0.15, 0.2) is 0 Å². The van der Waals surface area contributed by atoms with E-state index in [1.807, 2.05) is 32.0 Å². The number of hydrogen-bond donors (Lipinski definition) is 0. The predicted octanol–water partition coefficient (Wildman–Crippen LogP) is 3.21. The van der Waals surface area contributed by atoms with Crippen molar-refractivity contribution < 1.29 is 4.79 Å². The Labute approximate surface area is 102 Å². The summed E-state index contributed by atoms with van der Waals surface area (Å²) in [5, 5.41) is 0. The molecule has 2 aromatic rings. The average molecular weight is 228 g/mol. The molecule has 0 bridgehead atoms. The van der Waals surface area contributed by atoms with Crippen molar-refractivity contribution in [1.29, 1.82) is 0 Å². The lowest BCUT2D eigenvalue weighted by molar-refractivity contribution is 0.112. The molecule has 3 nitrogen and oxygen atoms in total. The molecule has 0 unspecified atom stereocenters. The van der Waals surface area contributed by atoms with E-state index in [1.54, 1.807) is 12.3 Å². The number of benzene rings is 1. The van der Waals surface area contributed by atoms with Gasteiger partial charge in [-0.25, -0.2) is 4.98 Å². The highest BCUT2D eigenvalue weighted by atomic mass is 16.1. The van der Waals surface area contributed by atoms with Crippen molar-refractivity contribution >= 4 is 6.29 Å². The summed E-state index contributed by atoms with van der Waals surface area (Å²) in [6, 6.07) is 7.38. The Hall–Kier alpha value is -2.03. The first-order valence-corrected chi connectivity index (χ1v) is 5.06. The first-order chi connectivity index (χ1) is 7.70. The summed E-state index contributed by atoms with van der Waals surface area (Å²) >= 11 is 0. The molecule has 0 aliphatic heterocycles. The van der Waals surface area contributed by atoms with Gasteiger partial charge in [0.05, 0.1) is 17.1 Å². The Kier molecular flexibility index (Phi) is 4.10. The summed E-state index contributed by atoms with van der Waals surface area (Å²) < 4.78 is 0. The van der Waals surface area contributed by atoms with Gasteiger partial charge in [0, 0.05) is 17.3 Å². The fraction of sp³-hybridized carbons (Fsp3) is 0.214. The minimum atomic E-state index is 0. The number of rotatable bonds is 2. The lowest BCUT2D eigenvalue weighted by atomic mass is 10.1. The predicted molar refractivity (Wildman–Crippen MR) is 69.1 cm³/mol. The van der Waals surface area contributed by atoms with Crippen LogP contribution in [0.1, 0.15) is 29.2 Å². The molecule has 0 amide bonds. The number of hydrogen-bond acceptors (Lipinski definition) is 3. The number of carbonyl (C=O) groups is 1. The van der Waals surface area contributed by atoms with Gasteiger partial charge in [0.1, 0.15) is 6.29 Å². The van der Waals surface area contributed by atoms with Crippen molar-refractivity contribution in [2.24, 2.45) is 0 Å². The van der Waals surface area contributed by atoms with Crippen LogP contribution in [-0.4, -0.2) is 16.3 Å². The molecule has 88 valence electrons. The maximum absolute atomic E-state index is 10.7. The van der Waals surface area contributed by atoms with Gasteiger partial charge in [-0.3, -0.25) is 9.78 Å². The van der Waals surface area contributed by atoms with Gasteiger partial charge in [-0.05, 0) is 19.9 Å². The number of aryl methyl sites for hydroxylation is 2. The van der Waals surface area contributed by atoms with Gasteiger partial charge in [-0.2, -0.15) is 0 Å². The fourth-order valence-corrected chi connectivity index (χ4v) is 1.57. The van der Waals surface area contributed by atoms with Gasteiger partial charge in [0.2, 0.25) is 0 Å². The molecular formula is C14H16N2O. The quantitative estimate of drug-likeness (QED) is 0.741. The Balaban J connectivity index is 0.00000144. The van der Waals surface area contributed by atoms with E-state index in [0.29, 0.717) is 5.56 Å². The van der Waals surface area contributed by atoms with E-state index in [0.717, 1.165) is 28.9 Å². The second-order valence-corrected chi connectivity index (χ2v) is 3.69. The zero-order valence-electron chi connectivity index (χ0n) is 9.27. The Bertz CT molecular complexity index is 535. The van der Waals surface area contributed by atoms with Crippen molar-refractivity contribution in [1.82, 2.24) is 9.97 Å². The van der Waals surface area contributed by atoms with E-state index in [1.165, 1.54) is 0 Å². The minimum Gasteiger partial charge on any atom is -0.298 e. The van der Waals surface area contributed by atoms with Gasteiger partial charge in [0.25, 0.3) is 0 Å². The number of aldehydes is 1. The van der Waals surface area contributed by atoms with Crippen molar-refractivity contribution in [3.8, 4) is 11.3 Å². The summed E-state index contributed by atoms with van der Waals surface area (Å²) in [7, 11) is 0. The third kappa shape index (κ3) is 2.75. The molecule has 0 saturated heterocycles. The van der Waals surface area contributed by atoms with Gasteiger partial charge in [-0.15, -0.1) is 0 Å². The van der Waals surface area contributed by atoms with Crippen LogP contribution in [-0.2, 0) is 0 Å². The van der Waals surface area contributed by atoms with E-state index < -0.39 is 0 Å². The smallest absolute Gasteiger partial charge is 0.150 e. The lowest BCUT2D eigenvalue weighted by Crippen LogP contribution is -1.95. The van der Waals surface area contributed by atoms with Crippen LogP contribution in [0.2, 0.25) is 0 Å². The maximum Gasteiger partial charge on any atom is 0.150 e. The molecule has 1 aromatic heterocycles. The molecule has 0 radical (unpaired) electrons. The Morgan fingerprint density at radius 3 is 2.71 bits per heavy atom. The van der Waals surface area contributed by atoms with Crippen molar-refractivity contribution in [2.45, 2.75) is 21.3 Å². The monoisotopic (exact) mass is 228 g/mol. The van der Waals surface area contributed by atoms with Crippen LogP contribution in [0.3, 0.4) is 0 Å². The van der Waals surface area contributed by atoms with Crippen LogP contribution in [0, 0.1) is 13.8 Å². The molecule has 1 aromatic carbocycles. The molecule has 0 saturated carbocycles. The fourth-order valence-electron chi connectivity index (χ4n) is 1.57. The molecule has 0 aliphatic rings. The molecule has 0 spiro atoms. The maximum atomic E-state index is 10.7. The summed E-state index contributed by atoms with van der Waals surface area (Å²) in [4.78, 5) is 19.4. The molecule has 1 heterocycles. The largest absolute Gasteiger partial charge is 0.298 e. The van der Waals surface area contributed by atoms with Gasteiger partial charge < -0.3 is 0 Å². The molecule has 0 fully saturated rings. The lowest BCUT2D eigenvalue weighted by Gasteiger charge is -2.05. The average Bonchev–Trinajstić information content (AvgIpc) is 2.32. The zero-order valence-corrected chi connectivity index (χ0v) is 9.27. The van der Waals surface area contributed by atoms with Crippen molar-refractivity contribution in [2.75, 3.05) is 0 Å². The first-order valence-electron chi connectivity index (χ1n) is 5.06. The standard InChI is InChI=1S/C13H12N2O.CH4/c1-9-7-14-10(2)13(15-9)12-5-3-4-11(6-12)8-16;/h3-8H,1-2H3;1H4. The number of aromatic nitrogens is 2. The van der Waals surface area contributed by atoms with Crippen LogP contribution in [0.5, 0.6) is 0 Å². The molecule has 17 heavy (non-hydrogen) atoms. The van der Waals surface area contributed by atoms with Crippen LogP contribution < -0.4 is 0 Å². The van der Waals surface area contributed by atoms with E-state index in [-0.39, 0.29) is 7.43 Å². The first kappa shape index (κ1) is 13.0. The summed E-state index contributed by atoms with van der Waals surface area (Å²) in [6.07, 6.45) is 2.57. The Morgan fingerprint density at radius 2 is 2.00 bits per heavy atom. The highest BCUT2D eigenvalue weighted by Crippen LogP contribution is 2.20. The topological polar surface area (TPSA) is 42.9 Å². The minimum absolute atomic E-state index is 0. The summed E-state index contributed by atoms with van der Waals surface area (Å²) in [5.41, 5.74) is 4.16. The van der Waals surface area contributed by atoms with E-state index in [9.17, 15) is 4.79 Å². The molecule has 0 atom stereocenters. The van der Waals surface area contributed by atoms with E-state index >= 15 is 0 Å². The Morgan fingerprint density at radius 1 is 1.24 bits per heavy atom. The SMILES string of the molecule is C.Cc1cnc(C)c(-c2cccc(C=O)c2)n1. The van der Waals surface area contributed by atoms with Crippen LogP contribution in [0.15, 0.2) is 30.5 Å². The van der Waals surface area contributed by atoms with Gasteiger partial charge in [-0.1, -0.05) is 25.6 Å². The normalized spacial score (nSPS) is 9.53. The molecule has 2 rings (SSSR count). The van der Waals surface area contributed by atoms with Crippen molar-refractivity contribution in [3.63, 3.8) is 0 Å². The molecule has 0 N–H and O–H groups in total. The number of nitrogens with zero attached hydrogens (tertiary/aromatic N) is 2. The second-order valence-electron chi connectivity index (χ2n) is 3.69. The zero-order chi connectivity index (χ0) is 11.5. The third-order valence-corrected chi connectivity index (χ3v) is 2.37. The number of carbonyl (C=O) groups excluding carboxylic acids is 1. The van der Waals surface area contributed by atoms with E-state index in [4.69, 9.17) is 0 Å². The second kappa shape index (κ2) is 5.34.